The van der Waals surface area contributed by atoms with Gasteiger partial charge in [-0.2, -0.15) is 0 Å². The summed E-state index contributed by atoms with van der Waals surface area (Å²) in [5, 5.41) is 0.206. The average Bonchev–Trinajstić information content (AvgIpc) is 2.34. The zero-order valence-corrected chi connectivity index (χ0v) is 9.02. The molecule has 0 fully saturated rings. The minimum atomic E-state index is -1.53. The Kier molecular flexibility index (Phi) is 2.89. The average molecular weight is 241 g/mol. The number of benzene rings is 1. The Morgan fingerprint density at radius 2 is 1.94 bits per heavy atom. The Labute approximate surface area is 95.4 Å². The lowest BCUT2D eigenvalue weighted by Gasteiger charge is -2.09. The second-order valence-electron chi connectivity index (χ2n) is 3.55. The molecule has 0 saturated carbocycles. The first kappa shape index (κ1) is 11.7. The number of nitrogens with two attached hydrogens (primary N) is 1. The number of hydrogen-bond acceptors (Lipinski definition) is 3. The first-order valence-corrected chi connectivity index (χ1v) is 5.02. The van der Waals surface area contributed by atoms with Crippen molar-refractivity contribution < 1.29 is 13.2 Å². The van der Waals surface area contributed by atoms with E-state index >= 15 is 0 Å². The van der Waals surface area contributed by atoms with Crippen LogP contribution >= 0.6 is 0 Å². The maximum absolute atomic E-state index is 13.5. The summed E-state index contributed by atoms with van der Waals surface area (Å²) in [5.41, 5.74) is 2.76. The van der Waals surface area contributed by atoms with Crippen molar-refractivity contribution in [3.63, 3.8) is 0 Å². The van der Waals surface area contributed by atoms with Gasteiger partial charge in [0.25, 0.3) is 0 Å². The second kappa shape index (κ2) is 4.21. The second-order valence-corrected chi connectivity index (χ2v) is 3.55. The number of anilines is 1. The quantitative estimate of drug-likeness (QED) is 0.482. The Hall–Kier alpha value is -1.82. The summed E-state index contributed by atoms with van der Waals surface area (Å²) in [6, 6.07) is 2.45. The highest BCUT2D eigenvalue weighted by Gasteiger charge is 2.16. The van der Waals surface area contributed by atoms with E-state index < -0.39 is 17.5 Å². The monoisotopic (exact) mass is 241 g/mol. The lowest BCUT2D eigenvalue weighted by molar-refractivity contribution is 0.452. The van der Waals surface area contributed by atoms with E-state index in [2.05, 4.69) is 10.4 Å². The fourth-order valence-corrected chi connectivity index (χ4v) is 1.66. The van der Waals surface area contributed by atoms with Crippen LogP contribution in [0, 0.1) is 17.5 Å². The van der Waals surface area contributed by atoms with Gasteiger partial charge in [-0.15, -0.1) is 0 Å². The van der Waals surface area contributed by atoms with Gasteiger partial charge in [-0.1, -0.05) is 6.92 Å². The van der Waals surface area contributed by atoms with Crippen molar-refractivity contribution in [2.75, 3.05) is 5.43 Å². The maximum Gasteiger partial charge on any atom is 0.196 e. The number of aryl methyl sites for hydroxylation is 1. The minimum absolute atomic E-state index is 0.206. The predicted molar refractivity (Wildman–Crippen MR) is 58.8 cm³/mol. The van der Waals surface area contributed by atoms with Gasteiger partial charge in [0.15, 0.2) is 17.5 Å². The van der Waals surface area contributed by atoms with Crippen LogP contribution in [0.4, 0.5) is 19.0 Å². The van der Waals surface area contributed by atoms with Gasteiger partial charge in [-0.05, 0) is 24.1 Å². The highest BCUT2D eigenvalue weighted by Crippen LogP contribution is 2.25. The number of nitrogens with one attached hydrogen (secondary N) is 1. The van der Waals surface area contributed by atoms with Crippen molar-refractivity contribution in [1.82, 2.24) is 4.98 Å². The molecule has 0 radical (unpaired) electrons. The van der Waals surface area contributed by atoms with E-state index in [1.807, 2.05) is 6.92 Å². The van der Waals surface area contributed by atoms with Crippen LogP contribution in [0.1, 0.15) is 12.5 Å². The largest absolute Gasteiger partial charge is 0.308 e. The minimum Gasteiger partial charge on any atom is -0.308 e. The van der Waals surface area contributed by atoms with Crippen LogP contribution in [0.15, 0.2) is 12.1 Å². The Balaban J connectivity index is 2.83. The summed E-state index contributed by atoms with van der Waals surface area (Å²) in [5.74, 6) is 1.42. The smallest absolute Gasteiger partial charge is 0.196 e. The standard InChI is InChI=1S/C11H10F3N3/c1-2-5-3-6-4-7(12)8(13)9(14)10(6)16-11(5)17-15/h3-4H,2,15H2,1H3,(H,16,17). The summed E-state index contributed by atoms with van der Waals surface area (Å²) >= 11 is 0. The third-order valence-electron chi connectivity index (χ3n) is 2.54. The highest BCUT2D eigenvalue weighted by atomic mass is 19.2. The molecule has 6 heteroatoms. The van der Waals surface area contributed by atoms with Gasteiger partial charge in [-0.3, -0.25) is 0 Å². The van der Waals surface area contributed by atoms with E-state index in [9.17, 15) is 13.2 Å². The van der Waals surface area contributed by atoms with Gasteiger partial charge in [-0.25, -0.2) is 24.0 Å². The van der Waals surface area contributed by atoms with E-state index in [4.69, 9.17) is 5.84 Å². The molecular formula is C11H10F3N3. The molecule has 0 spiro atoms. The van der Waals surface area contributed by atoms with Gasteiger partial charge in [0.1, 0.15) is 11.3 Å². The van der Waals surface area contributed by atoms with Gasteiger partial charge in [0, 0.05) is 5.39 Å². The number of pyridine rings is 1. The number of aromatic nitrogens is 1. The molecular weight excluding hydrogens is 231 g/mol. The molecule has 0 aliphatic rings. The van der Waals surface area contributed by atoms with Crippen LogP contribution in [0.5, 0.6) is 0 Å². The molecule has 0 bridgehead atoms. The number of nitrogens with zero attached hydrogens (tertiary/aromatic N) is 1. The van der Waals surface area contributed by atoms with Gasteiger partial charge >= 0.3 is 0 Å². The number of fused-ring (bicyclic) bond motifs is 1. The summed E-state index contributed by atoms with van der Waals surface area (Å²) < 4.78 is 39.5. The third-order valence-corrected chi connectivity index (χ3v) is 2.54. The topological polar surface area (TPSA) is 50.9 Å². The summed E-state index contributed by atoms with van der Waals surface area (Å²) in [4.78, 5) is 3.85. The maximum atomic E-state index is 13.5. The van der Waals surface area contributed by atoms with Crippen molar-refractivity contribution in [3.05, 3.63) is 35.1 Å². The van der Waals surface area contributed by atoms with Crippen LogP contribution in [-0.4, -0.2) is 4.98 Å². The summed E-state index contributed by atoms with van der Waals surface area (Å²) in [6.07, 6.45) is 0.586. The van der Waals surface area contributed by atoms with E-state index in [-0.39, 0.29) is 16.7 Å². The van der Waals surface area contributed by atoms with Crippen molar-refractivity contribution in [2.24, 2.45) is 5.84 Å². The van der Waals surface area contributed by atoms with Gasteiger partial charge in [0.05, 0.1) is 0 Å². The molecule has 2 aromatic rings. The van der Waals surface area contributed by atoms with Crippen LogP contribution in [0.3, 0.4) is 0 Å². The fourth-order valence-electron chi connectivity index (χ4n) is 1.66. The summed E-state index contributed by atoms with van der Waals surface area (Å²) in [6.45, 7) is 1.85. The highest BCUT2D eigenvalue weighted by molar-refractivity contribution is 5.82. The fraction of sp³-hybridized carbons (Fsp3) is 0.182. The molecule has 0 unspecified atom stereocenters. The molecule has 0 aliphatic carbocycles. The molecule has 3 N–H and O–H groups in total. The van der Waals surface area contributed by atoms with Crippen LogP contribution in [0.2, 0.25) is 0 Å². The number of nitrogen functional groups attached to an aromatic ring is 1. The van der Waals surface area contributed by atoms with Gasteiger partial charge in [0.2, 0.25) is 0 Å². The molecule has 3 nitrogen and oxygen atoms in total. The van der Waals surface area contributed by atoms with Crippen molar-refractivity contribution in [3.8, 4) is 0 Å². The molecule has 1 aromatic carbocycles. The van der Waals surface area contributed by atoms with E-state index in [0.717, 1.165) is 6.07 Å². The molecule has 90 valence electrons. The Morgan fingerprint density at radius 1 is 1.24 bits per heavy atom. The SMILES string of the molecule is CCc1cc2cc(F)c(F)c(F)c2nc1NN. The van der Waals surface area contributed by atoms with Crippen molar-refractivity contribution in [1.29, 1.82) is 0 Å². The van der Waals surface area contributed by atoms with E-state index in [0.29, 0.717) is 12.0 Å². The molecule has 1 heterocycles. The van der Waals surface area contributed by atoms with Crippen LogP contribution < -0.4 is 11.3 Å². The van der Waals surface area contributed by atoms with E-state index in [1.54, 1.807) is 0 Å². The summed E-state index contributed by atoms with van der Waals surface area (Å²) in [7, 11) is 0. The molecule has 2 rings (SSSR count). The first-order chi connectivity index (χ1) is 8.08. The number of rotatable bonds is 2. The predicted octanol–water partition coefficient (Wildman–Crippen LogP) is 2.50. The molecule has 17 heavy (non-hydrogen) atoms. The van der Waals surface area contributed by atoms with Crippen molar-refractivity contribution >= 4 is 16.7 Å². The molecule has 0 saturated heterocycles. The molecule has 0 atom stereocenters. The number of hydrazine groups is 1. The molecule has 0 amide bonds. The van der Waals surface area contributed by atoms with Crippen molar-refractivity contribution in [2.45, 2.75) is 13.3 Å². The molecule has 1 aromatic heterocycles. The van der Waals surface area contributed by atoms with Crippen LogP contribution in [0.25, 0.3) is 10.9 Å². The first-order valence-electron chi connectivity index (χ1n) is 5.02. The Bertz CT molecular complexity index is 584. The Morgan fingerprint density at radius 3 is 2.53 bits per heavy atom. The number of halogens is 3. The lowest BCUT2D eigenvalue weighted by Crippen LogP contribution is -2.11. The molecule has 0 aliphatic heterocycles. The lowest BCUT2D eigenvalue weighted by atomic mass is 10.1. The van der Waals surface area contributed by atoms with Gasteiger partial charge < -0.3 is 5.43 Å². The third kappa shape index (κ3) is 1.80. The normalized spacial score (nSPS) is 10.9. The van der Waals surface area contributed by atoms with Crippen LogP contribution in [-0.2, 0) is 6.42 Å². The number of hydrogen-bond donors (Lipinski definition) is 2. The van der Waals surface area contributed by atoms with E-state index in [1.165, 1.54) is 6.07 Å². The zero-order chi connectivity index (χ0) is 12.6. The zero-order valence-electron chi connectivity index (χ0n) is 9.02.